The molecule has 0 heterocycles. The average molecular weight is 174 g/mol. The van der Waals surface area contributed by atoms with Gasteiger partial charge in [-0.1, -0.05) is 13.8 Å². The second-order valence-corrected chi connectivity index (χ2v) is 2.75. The lowest BCUT2D eigenvalue weighted by atomic mass is 10.1. The molecule has 0 saturated carbocycles. The number of nitrogens with one attached hydrogen (secondary N) is 1. The number of hydrogen-bond acceptors (Lipinski definition) is 3. The Morgan fingerprint density at radius 2 is 1.92 bits per heavy atom. The Kier molecular flexibility index (Phi) is 4.10. The van der Waals surface area contributed by atoms with Crippen LogP contribution >= 0.6 is 0 Å². The highest BCUT2D eigenvalue weighted by molar-refractivity contribution is 5.82. The van der Waals surface area contributed by atoms with E-state index in [4.69, 9.17) is 5.73 Å². The van der Waals surface area contributed by atoms with E-state index in [1.54, 1.807) is 13.8 Å². The number of carbonyl (C=O) groups excluding carboxylic acids is 2. The smallest absolute Gasteiger partial charge is 0.328 e. The van der Waals surface area contributed by atoms with Crippen molar-refractivity contribution in [2.24, 2.45) is 11.7 Å². The predicted octanol–water partition coefficient (Wildman–Crippen LogP) is -0.148. The Bertz CT molecular complexity index is 179. The maximum absolute atomic E-state index is 11.0. The number of hydrogen-bond donors (Lipinski definition) is 2. The summed E-state index contributed by atoms with van der Waals surface area (Å²) in [5.41, 5.74) is 4.87. The van der Waals surface area contributed by atoms with Gasteiger partial charge in [0.25, 0.3) is 0 Å². The van der Waals surface area contributed by atoms with E-state index in [0.29, 0.717) is 0 Å². The molecule has 0 bridgehead atoms. The van der Waals surface area contributed by atoms with Crippen molar-refractivity contribution >= 4 is 12.0 Å². The SMILES string of the molecule is COC(=O)[C@H](NC(N)=O)C(C)C. The van der Waals surface area contributed by atoms with Gasteiger partial charge >= 0.3 is 12.0 Å². The first-order valence-electron chi connectivity index (χ1n) is 3.62. The molecule has 70 valence electrons. The predicted molar refractivity (Wildman–Crippen MR) is 43.4 cm³/mol. The number of primary amides is 1. The van der Waals surface area contributed by atoms with Crippen molar-refractivity contribution < 1.29 is 14.3 Å². The fourth-order valence-electron chi connectivity index (χ4n) is 0.778. The van der Waals surface area contributed by atoms with Crippen LogP contribution in [0.15, 0.2) is 0 Å². The van der Waals surface area contributed by atoms with Crippen LogP contribution in [0, 0.1) is 5.92 Å². The van der Waals surface area contributed by atoms with Gasteiger partial charge in [0.2, 0.25) is 0 Å². The van der Waals surface area contributed by atoms with Crippen molar-refractivity contribution in [3.8, 4) is 0 Å². The molecule has 1 atom stereocenters. The third-order valence-electron chi connectivity index (χ3n) is 1.42. The minimum Gasteiger partial charge on any atom is -0.467 e. The van der Waals surface area contributed by atoms with Crippen LogP contribution in [0.1, 0.15) is 13.8 Å². The van der Waals surface area contributed by atoms with Crippen molar-refractivity contribution in [3.05, 3.63) is 0 Å². The van der Waals surface area contributed by atoms with E-state index in [2.05, 4.69) is 10.1 Å². The van der Waals surface area contributed by atoms with Crippen LogP contribution in [0.3, 0.4) is 0 Å². The fourth-order valence-corrected chi connectivity index (χ4v) is 0.778. The molecule has 5 nitrogen and oxygen atoms in total. The summed E-state index contributed by atoms with van der Waals surface area (Å²) in [6.45, 7) is 3.58. The summed E-state index contributed by atoms with van der Waals surface area (Å²) in [6, 6.07) is -1.38. The molecule has 0 aromatic carbocycles. The van der Waals surface area contributed by atoms with Gasteiger partial charge in [-0.15, -0.1) is 0 Å². The minimum atomic E-state index is -0.723. The lowest BCUT2D eigenvalue weighted by molar-refractivity contribution is -0.143. The van der Waals surface area contributed by atoms with Crippen LogP contribution < -0.4 is 11.1 Å². The lowest BCUT2D eigenvalue weighted by Gasteiger charge is -2.17. The third kappa shape index (κ3) is 3.23. The molecule has 0 aromatic rings. The first kappa shape index (κ1) is 10.7. The molecule has 0 radical (unpaired) electrons. The summed E-state index contributed by atoms with van der Waals surface area (Å²) in [4.78, 5) is 21.4. The first-order chi connectivity index (χ1) is 5.49. The topological polar surface area (TPSA) is 81.4 Å². The van der Waals surface area contributed by atoms with Gasteiger partial charge in [-0.25, -0.2) is 9.59 Å². The van der Waals surface area contributed by atoms with Crippen LogP contribution in [0.5, 0.6) is 0 Å². The number of rotatable bonds is 3. The average Bonchev–Trinajstić information content (AvgIpc) is 1.98. The monoisotopic (exact) mass is 174 g/mol. The largest absolute Gasteiger partial charge is 0.467 e. The summed E-state index contributed by atoms with van der Waals surface area (Å²) in [6.07, 6.45) is 0. The maximum Gasteiger partial charge on any atom is 0.328 e. The van der Waals surface area contributed by atoms with Gasteiger partial charge in [0.1, 0.15) is 6.04 Å². The molecular formula is C7H14N2O3. The first-order valence-corrected chi connectivity index (χ1v) is 3.62. The molecule has 12 heavy (non-hydrogen) atoms. The second kappa shape index (κ2) is 4.58. The van der Waals surface area contributed by atoms with E-state index in [0.717, 1.165) is 0 Å². The number of esters is 1. The molecule has 0 saturated heterocycles. The molecule has 3 N–H and O–H groups in total. The van der Waals surface area contributed by atoms with Gasteiger partial charge in [-0.05, 0) is 5.92 Å². The number of methoxy groups -OCH3 is 1. The number of urea groups is 1. The summed E-state index contributed by atoms with van der Waals surface area (Å²) < 4.78 is 4.47. The molecular weight excluding hydrogens is 160 g/mol. The molecule has 0 unspecified atom stereocenters. The Hall–Kier alpha value is -1.26. The number of amides is 2. The lowest BCUT2D eigenvalue weighted by Crippen LogP contribution is -2.47. The number of ether oxygens (including phenoxy) is 1. The molecule has 0 aromatic heterocycles. The van der Waals surface area contributed by atoms with Crippen molar-refractivity contribution in [2.75, 3.05) is 7.11 Å². The Labute approximate surface area is 71.3 Å². The van der Waals surface area contributed by atoms with Gasteiger partial charge in [-0.3, -0.25) is 0 Å². The van der Waals surface area contributed by atoms with Crippen molar-refractivity contribution in [1.29, 1.82) is 0 Å². The number of nitrogens with two attached hydrogens (primary N) is 1. The van der Waals surface area contributed by atoms with E-state index >= 15 is 0 Å². The van der Waals surface area contributed by atoms with Crippen molar-refractivity contribution in [3.63, 3.8) is 0 Å². The molecule has 0 rings (SSSR count). The maximum atomic E-state index is 11.0. The molecule has 5 heteroatoms. The highest BCUT2D eigenvalue weighted by atomic mass is 16.5. The standard InChI is InChI=1S/C7H14N2O3/c1-4(2)5(6(10)12-3)9-7(8)11/h4-5H,1-3H3,(H3,8,9,11)/t5-/m1/s1. The van der Waals surface area contributed by atoms with Gasteiger partial charge in [0, 0.05) is 0 Å². The minimum absolute atomic E-state index is 0.0371. The molecule has 2 amide bonds. The second-order valence-electron chi connectivity index (χ2n) is 2.75. The Morgan fingerprint density at radius 3 is 2.17 bits per heavy atom. The zero-order valence-electron chi connectivity index (χ0n) is 7.46. The zero-order chi connectivity index (χ0) is 9.72. The highest BCUT2D eigenvalue weighted by Crippen LogP contribution is 2.02. The Morgan fingerprint density at radius 1 is 1.42 bits per heavy atom. The molecule has 0 aliphatic heterocycles. The van der Waals surface area contributed by atoms with E-state index in [9.17, 15) is 9.59 Å². The van der Waals surface area contributed by atoms with E-state index in [-0.39, 0.29) is 5.92 Å². The third-order valence-corrected chi connectivity index (χ3v) is 1.42. The summed E-state index contributed by atoms with van der Waals surface area (Å²) in [5, 5.41) is 2.29. The van der Waals surface area contributed by atoms with Crippen LogP contribution in [-0.2, 0) is 9.53 Å². The molecule has 0 spiro atoms. The fraction of sp³-hybridized carbons (Fsp3) is 0.714. The van der Waals surface area contributed by atoms with Gasteiger partial charge in [0.05, 0.1) is 7.11 Å². The summed E-state index contributed by atoms with van der Waals surface area (Å²) in [5.74, 6) is -0.520. The quantitative estimate of drug-likeness (QED) is 0.584. The van der Waals surface area contributed by atoms with Crippen molar-refractivity contribution in [1.82, 2.24) is 5.32 Å². The summed E-state index contributed by atoms with van der Waals surface area (Å²) in [7, 11) is 1.26. The van der Waals surface area contributed by atoms with Gasteiger partial charge in [0.15, 0.2) is 0 Å². The van der Waals surface area contributed by atoms with Crippen LogP contribution in [-0.4, -0.2) is 25.2 Å². The van der Waals surface area contributed by atoms with E-state index in [1.807, 2.05) is 0 Å². The van der Waals surface area contributed by atoms with Gasteiger partial charge < -0.3 is 15.8 Å². The van der Waals surface area contributed by atoms with Crippen LogP contribution in [0.2, 0.25) is 0 Å². The van der Waals surface area contributed by atoms with Crippen LogP contribution in [0.25, 0.3) is 0 Å². The van der Waals surface area contributed by atoms with Crippen molar-refractivity contribution in [2.45, 2.75) is 19.9 Å². The van der Waals surface area contributed by atoms with E-state index in [1.165, 1.54) is 7.11 Å². The summed E-state index contributed by atoms with van der Waals surface area (Å²) >= 11 is 0. The molecule has 0 fully saturated rings. The Balaban J connectivity index is 4.23. The van der Waals surface area contributed by atoms with Gasteiger partial charge in [-0.2, -0.15) is 0 Å². The van der Waals surface area contributed by atoms with Crippen LogP contribution in [0.4, 0.5) is 4.79 Å². The number of carbonyl (C=O) groups is 2. The van der Waals surface area contributed by atoms with E-state index < -0.39 is 18.0 Å². The normalized spacial score (nSPS) is 12.3. The highest BCUT2D eigenvalue weighted by Gasteiger charge is 2.23. The zero-order valence-corrected chi connectivity index (χ0v) is 7.46. The molecule has 0 aliphatic rings. The molecule has 0 aliphatic carbocycles.